The van der Waals surface area contributed by atoms with Crippen LogP contribution in [-0.2, 0) is 0 Å². The van der Waals surface area contributed by atoms with Crippen molar-refractivity contribution >= 4 is 0 Å². The summed E-state index contributed by atoms with van der Waals surface area (Å²) in [5.74, 6) is 1.01. The van der Waals surface area contributed by atoms with E-state index in [1.165, 1.54) is 51.7 Å². The molecule has 1 unspecified atom stereocenters. The van der Waals surface area contributed by atoms with Crippen molar-refractivity contribution in [3.63, 3.8) is 0 Å². The number of hydrogen-bond acceptors (Lipinski definition) is 2. The van der Waals surface area contributed by atoms with Crippen LogP contribution in [0.3, 0.4) is 0 Å². The maximum Gasteiger partial charge on any atom is 0.00476 e. The second-order valence-electron chi connectivity index (χ2n) is 7.27. The molecule has 0 radical (unpaired) electrons. The van der Waals surface area contributed by atoms with Gasteiger partial charge in [-0.15, -0.1) is 0 Å². The molecule has 1 aliphatic carbocycles. The SMILES string of the molecule is CCCN(CC1CC1)CC(C)(CCC)CNC(C)C. The third kappa shape index (κ3) is 7.31. The summed E-state index contributed by atoms with van der Waals surface area (Å²) in [5, 5.41) is 3.66. The van der Waals surface area contributed by atoms with E-state index < -0.39 is 0 Å². The molecule has 0 spiro atoms. The number of nitrogens with zero attached hydrogens (tertiary/aromatic N) is 1. The van der Waals surface area contributed by atoms with Crippen molar-refractivity contribution in [1.29, 1.82) is 0 Å². The van der Waals surface area contributed by atoms with Crippen molar-refractivity contribution in [3.05, 3.63) is 0 Å². The highest BCUT2D eigenvalue weighted by Crippen LogP contribution is 2.32. The van der Waals surface area contributed by atoms with Gasteiger partial charge in [0.05, 0.1) is 0 Å². The van der Waals surface area contributed by atoms with Crippen molar-refractivity contribution in [1.82, 2.24) is 10.2 Å². The van der Waals surface area contributed by atoms with E-state index in [0.29, 0.717) is 11.5 Å². The molecule has 1 rings (SSSR count). The first-order chi connectivity index (χ1) is 8.99. The maximum atomic E-state index is 3.66. The van der Waals surface area contributed by atoms with Gasteiger partial charge in [-0.2, -0.15) is 0 Å². The third-order valence-electron chi connectivity index (χ3n) is 4.15. The molecule has 1 N–H and O–H groups in total. The highest BCUT2D eigenvalue weighted by atomic mass is 15.1. The van der Waals surface area contributed by atoms with Crippen molar-refractivity contribution in [2.24, 2.45) is 11.3 Å². The molecule has 2 nitrogen and oxygen atoms in total. The minimum Gasteiger partial charge on any atom is -0.314 e. The zero-order valence-corrected chi connectivity index (χ0v) is 14.0. The summed E-state index contributed by atoms with van der Waals surface area (Å²) in [4.78, 5) is 2.73. The number of hydrogen-bond donors (Lipinski definition) is 1. The molecule has 0 aromatic heterocycles. The molecule has 0 saturated heterocycles. The van der Waals surface area contributed by atoms with Gasteiger partial charge in [-0.05, 0) is 43.6 Å². The van der Waals surface area contributed by atoms with Crippen LogP contribution in [0.15, 0.2) is 0 Å². The largest absolute Gasteiger partial charge is 0.314 e. The van der Waals surface area contributed by atoms with Crippen LogP contribution >= 0.6 is 0 Å². The lowest BCUT2D eigenvalue weighted by Gasteiger charge is -2.36. The van der Waals surface area contributed by atoms with Crippen LogP contribution < -0.4 is 5.32 Å². The molecule has 114 valence electrons. The fraction of sp³-hybridized carbons (Fsp3) is 1.00. The number of rotatable bonds is 11. The Hall–Kier alpha value is -0.0800. The van der Waals surface area contributed by atoms with Gasteiger partial charge in [0, 0.05) is 25.7 Å². The monoisotopic (exact) mass is 268 g/mol. The second kappa shape index (κ2) is 8.26. The Labute approximate surface area is 121 Å². The zero-order valence-electron chi connectivity index (χ0n) is 14.0. The van der Waals surface area contributed by atoms with Crippen LogP contribution in [0.2, 0.25) is 0 Å². The Balaban J connectivity index is 2.50. The lowest BCUT2D eigenvalue weighted by atomic mass is 9.84. The topological polar surface area (TPSA) is 15.3 Å². The van der Waals surface area contributed by atoms with Crippen molar-refractivity contribution in [2.75, 3.05) is 26.2 Å². The van der Waals surface area contributed by atoms with Crippen LogP contribution in [0.1, 0.15) is 66.7 Å². The minimum absolute atomic E-state index is 0.434. The van der Waals surface area contributed by atoms with Gasteiger partial charge in [-0.1, -0.05) is 41.0 Å². The molecule has 1 aliphatic rings. The Bertz CT molecular complexity index is 235. The standard InChI is InChI=1S/C17H36N2/c1-6-10-17(5,13-18-15(3)4)14-19(11-7-2)12-16-8-9-16/h15-16,18H,6-14H2,1-5H3. The molecule has 1 fully saturated rings. The Morgan fingerprint density at radius 3 is 2.37 bits per heavy atom. The van der Waals surface area contributed by atoms with E-state index in [2.05, 4.69) is 44.8 Å². The van der Waals surface area contributed by atoms with Crippen LogP contribution in [0, 0.1) is 11.3 Å². The summed E-state index contributed by atoms with van der Waals surface area (Å²) < 4.78 is 0. The summed E-state index contributed by atoms with van der Waals surface area (Å²) in [5.41, 5.74) is 0.434. The quantitative estimate of drug-likeness (QED) is 0.611. The van der Waals surface area contributed by atoms with Gasteiger partial charge >= 0.3 is 0 Å². The molecular formula is C17H36N2. The van der Waals surface area contributed by atoms with E-state index >= 15 is 0 Å². The van der Waals surface area contributed by atoms with E-state index in [4.69, 9.17) is 0 Å². The Morgan fingerprint density at radius 1 is 1.21 bits per heavy atom. The Morgan fingerprint density at radius 2 is 1.89 bits per heavy atom. The minimum atomic E-state index is 0.434. The van der Waals surface area contributed by atoms with Crippen LogP contribution in [0.4, 0.5) is 0 Å². The first-order valence-electron chi connectivity index (χ1n) is 8.45. The van der Waals surface area contributed by atoms with Crippen molar-refractivity contribution in [3.8, 4) is 0 Å². The second-order valence-corrected chi connectivity index (χ2v) is 7.27. The summed E-state index contributed by atoms with van der Waals surface area (Å²) in [6.07, 6.45) is 6.84. The van der Waals surface area contributed by atoms with Crippen LogP contribution in [0.5, 0.6) is 0 Å². The van der Waals surface area contributed by atoms with E-state index in [0.717, 1.165) is 12.5 Å². The molecule has 1 atom stereocenters. The molecular weight excluding hydrogens is 232 g/mol. The molecule has 0 amide bonds. The average Bonchev–Trinajstić information content (AvgIpc) is 3.11. The molecule has 0 aromatic carbocycles. The maximum absolute atomic E-state index is 3.66. The normalized spacial score (nSPS) is 19.1. The number of nitrogens with one attached hydrogen (secondary N) is 1. The van der Waals surface area contributed by atoms with Crippen molar-refractivity contribution < 1.29 is 0 Å². The van der Waals surface area contributed by atoms with Gasteiger partial charge in [0.1, 0.15) is 0 Å². The first kappa shape index (κ1) is 17.0. The van der Waals surface area contributed by atoms with E-state index in [1.54, 1.807) is 0 Å². The zero-order chi connectivity index (χ0) is 14.3. The molecule has 0 heterocycles. The van der Waals surface area contributed by atoms with Crippen LogP contribution in [-0.4, -0.2) is 37.1 Å². The smallest absolute Gasteiger partial charge is 0.00476 e. The Kier molecular flexibility index (Phi) is 7.38. The third-order valence-corrected chi connectivity index (χ3v) is 4.15. The van der Waals surface area contributed by atoms with E-state index in [1.807, 2.05) is 0 Å². The lowest BCUT2D eigenvalue weighted by molar-refractivity contribution is 0.142. The predicted molar refractivity (Wildman–Crippen MR) is 85.6 cm³/mol. The lowest BCUT2D eigenvalue weighted by Crippen LogP contribution is -2.44. The summed E-state index contributed by atoms with van der Waals surface area (Å²) in [7, 11) is 0. The van der Waals surface area contributed by atoms with Crippen LogP contribution in [0.25, 0.3) is 0 Å². The van der Waals surface area contributed by atoms with Crippen molar-refractivity contribution in [2.45, 2.75) is 72.8 Å². The molecule has 0 bridgehead atoms. The van der Waals surface area contributed by atoms with Gasteiger partial charge in [-0.3, -0.25) is 0 Å². The fourth-order valence-corrected chi connectivity index (χ4v) is 3.03. The summed E-state index contributed by atoms with van der Waals surface area (Å²) >= 11 is 0. The molecule has 1 saturated carbocycles. The first-order valence-corrected chi connectivity index (χ1v) is 8.45. The van der Waals surface area contributed by atoms with Gasteiger partial charge in [0.2, 0.25) is 0 Å². The van der Waals surface area contributed by atoms with E-state index in [9.17, 15) is 0 Å². The summed E-state index contributed by atoms with van der Waals surface area (Å²) in [6.45, 7) is 16.6. The highest BCUT2D eigenvalue weighted by Gasteiger charge is 2.30. The summed E-state index contributed by atoms with van der Waals surface area (Å²) in [6, 6.07) is 0.597. The van der Waals surface area contributed by atoms with Gasteiger partial charge in [0.25, 0.3) is 0 Å². The molecule has 2 heteroatoms. The highest BCUT2D eigenvalue weighted by molar-refractivity contribution is 4.84. The molecule has 0 aliphatic heterocycles. The molecule has 0 aromatic rings. The van der Waals surface area contributed by atoms with E-state index in [-0.39, 0.29) is 0 Å². The fourth-order valence-electron chi connectivity index (χ4n) is 3.03. The van der Waals surface area contributed by atoms with Gasteiger partial charge in [0.15, 0.2) is 0 Å². The molecule has 19 heavy (non-hydrogen) atoms. The van der Waals surface area contributed by atoms with Gasteiger partial charge < -0.3 is 10.2 Å². The predicted octanol–water partition coefficient (Wildman–Crippen LogP) is 3.91. The van der Waals surface area contributed by atoms with Gasteiger partial charge in [-0.25, -0.2) is 0 Å². The average molecular weight is 268 g/mol.